The van der Waals surface area contributed by atoms with E-state index >= 15 is 0 Å². The molecule has 0 N–H and O–H groups in total. The summed E-state index contributed by atoms with van der Waals surface area (Å²) in [4.78, 5) is 4.71. The fraction of sp³-hybridized carbons (Fsp3) is 0.917. The summed E-state index contributed by atoms with van der Waals surface area (Å²) in [5.41, 5.74) is 0. The van der Waals surface area contributed by atoms with E-state index in [2.05, 4.69) is 13.8 Å². The highest BCUT2D eigenvalue weighted by Crippen LogP contribution is 2.28. The molecule has 2 rings (SSSR count). The van der Waals surface area contributed by atoms with Gasteiger partial charge in [-0.3, -0.25) is 0 Å². The molecule has 1 heterocycles. The lowest BCUT2D eigenvalue weighted by atomic mass is 9.89. The van der Waals surface area contributed by atoms with E-state index in [1.807, 2.05) is 0 Å². The molecule has 1 fully saturated rings. The van der Waals surface area contributed by atoms with Gasteiger partial charge in [0.25, 0.3) is 0 Å². The zero-order valence-electron chi connectivity index (χ0n) is 9.33. The molecule has 1 saturated carbocycles. The fourth-order valence-electron chi connectivity index (χ4n) is 2.32. The summed E-state index contributed by atoms with van der Waals surface area (Å²) in [5, 5.41) is 0. The summed E-state index contributed by atoms with van der Waals surface area (Å²) in [5.74, 6) is 2.34. The first-order valence-corrected chi connectivity index (χ1v) is 5.98. The van der Waals surface area contributed by atoms with Crippen LogP contribution in [0.2, 0.25) is 0 Å². The molecule has 0 bridgehead atoms. The van der Waals surface area contributed by atoms with E-state index in [0.717, 1.165) is 12.5 Å². The Hall–Kier alpha value is -0.530. The van der Waals surface area contributed by atoms with E-state index in [1.54, 1.807) is 0 Å². The Morgan fingerprint density at radius 3 is 2.50 bits per heavy atom. The molecule has 0 spiro atoms. The number of rotatable bonds is 2. The molecule has 0 aromatic carbocycles. The second-order valence-corrected chi connectivity index (χ2v) is 4.92. The molecule has 2 aliphatic rings. The Labute approximate surface area is 86.8 Å². The van der Waals surface area contributed by atoms with Crippen LogP contribution in [0.5, 0.6) is 0 Å². The standard InChI is InChI=1S/C12H21NO/c1-9(2)11-8-14-12(13-11)10-6-4-3-5-7-10/h9-11H,3-8H2,1-2H3. The van der Waals surface area contributed by atoms with E-state index in [9.17, 15) is 0 Å². The summed E-state index contributed by atoms with van der Waals surface area (Å²) >= 11 is 0. The molecule has 14 heavy (non-hydrogen) atoms. The van der Waals surface area contributed by atoms with Crippen molar-refractivity contribution in [3.63, 3.8) is 0 Å². The highest BCUT2D eigenvalue weighted by atomic mass is 16.5. The Bertz CT molecular complexity index is 216. The molecule has 0 saturated heterocycles. The van der Waals surface area contributed by atoms with Crippen molar-refractivity contribution in [2.75, 3.05) is 6.61 Å². The second kappa shape index (κ2) is 4.33. The molecular formula is C12H21NO. The molecule has 0 aromatic heterocycles. The topological polar surface area (TPSA) is 21.6 Å². The normalized spacial score (nSPS) is 29.1. The molecule has 0 amide bonds. The summed E-state index contributed by atoms with van der Waals surface area (Å²) in [6, 6.07) is 0.423. The van der Waals surface area contributed by atoms with E-state index in [4.69, 9.17) is 9.73 Å². The van der Waals surface area contributed by atoms with Crippen molar-refractivity contribution in [3.05, 3.63) is 0 Å². The Morgan fingerprint density at radius 2 is 1.93 bits per heavy atom. The second-order valence-electron chi connectivity index (χ2n) is 4.92. The molecule has 1 aliphatic heterocycles. The van der Waals surface area contributed by atoms with Gasteiger partial charge in [-0.15, -0.1) is 0 Å². The van der Waals surface area contributed by atoms with Crippen molar-refractivity contribution < 1.29 is 4.74 Å². The van der Waals surface area contributed by atoms with Gasteiger partial charge in [-0.2, -0.15) is 0 Å². The van der Waals surface area contributed by atoms with Gasteiger partial charge in [-0.05, 0) is 18.8 Å². The Morgan fingerprint density at radius 1 is 1.21 bits per heavy atom. The number of aliphatic imine (C=N–C) groups is 1. The van der Waals surface area contributed by atoms with E-state index in [-0.39, 0.29) is 0 Å². The van der Waals surface area contributed by atoms with Crippen LogP contribution < -0.4 is 0 Å². The summed E-state index contributed by atoms with van der Waals surface area (Å²) in [6.45, 7) is 5.27. The molecule has 2 nitrogen and oxygen atoms in total. The van der Waals surface area contributed by atoms with Gasteiger partial charge in [0.05, 0.1) is 6.04 Å². The van der Waals surface area contributed by atoms with Crippen LogP contribution in [0, 0.1) is 11.8 Å². The fourth-order valence-corrected chi connectivity index (χ4v) is 2.32. The van der Waals surface area contributed by atoms with Crippen molar-refractivity contribution in [2.24, 2.45) is 16.8 Å². The predicted octanol–water partition coefficient (Wildman–Crippen LogP) is 3.02. The van der Waals surface area contributed by atoms with Crippen LogP contribution in [0.15, 0.2) is 4.99 Å². The minimum atomic E-state index is 0.423. The molecule has 0 aromatic rings. The predicted molar refractivity (Wildman–Crippen MR) is 58.6 cm³/mol. The van der Waals surface area contributed by atoms with Gasteiger partial charge in [-0.1, -0.05) is 33.1 Å². The molecule has 1 atom stereocenters. The monoisotopic (exact) mass is 195 g/mol. The van der Waals surface area contributed by atoms with Crippen LogP contribution in [0.4, 0.5) is 0 Å². The van der Waals surface area contributed by atoms with Crippen molar-refractivity contribution in [1.29, 1.82) is 0 Å². The Kier molecular flexibility index (Phi) is 3.09. The maximum Gasteiger partial charge on any atom is 0.186 e. The molecule has 1 aliphatic carbocycles. The third-order valence-corrected chi connectivity index (χ3v) is 3.42. The number of hydrogen-bond donors (Lipinski definition) is 0. The largest absolute Gasteiger partial charge is 0.478 e. The lowest BCUT2D eigenvalue weighted by Gasteiger charge is -2.20. The maximum absolute atomic E-state index is 5.72. The summed E-state index contributed by atoms with van der Waals surface area (Å²) in [7, 11) is 0. The third kappa shape index (κ3) is 2.10. The molecule has 1 unspecified atom stereocenters. The first-order valence-electron chi connectivity index (χ1n) is 5.98. The highest BCUT2D eigenvalue weighted by molar-refractivity contribution is 5.80. The lowest BCUT2D eigenvalue weighted by molar-refractivity contribution is 0.265. The lowest BCUT2D eigenvalue weighted by Crippen LogP contribution is -2.17. The van der Waals surface area contributed by atoms with Crippen LogP contribution in [0.1, 0.15) is 46.0 Å². The molecular weight excluding hydrogens is 174 g/mol. The summed E-state index contributed by atoms with van der Waals surface area (Å²) < 4.78 is 5.72. The van der Waals surface area contributed by atoms with Crippen molar-refractivity contribution >= 4 is 5.90 Å². The van der Waals surface area contributed by atoms with E-state index < -0.39 is 0 Å². The third-order valence-electron chi connectivity index (χ3n) is 3.42. The number of hydrogen-bond acceptors (Lipinski definition) is 2. The molecule has 2 heteroatoms. The minimum absolute atomic E-state index is 0.423. The van der Waals surface area contributed by atoms with Crippen LogP contribution >= 0.6 is 0 Å². The SMILES string of the molecule is CC(C)C1COC(C2CCCCC2)=N1. The minimum Gasteiger partial charge on any atom is -0.478 e. The maximum atomic E-state index is 5.72. The Balaban J connectivity index is 1.94. The van der Waals surface area contributed by atoms with Gasteiger partial charge in [0.2, 0.25) is 0 Å². The van der Waals surface area contributed by atoms with Crippen LogP contribution in [-0.2, 0) is 4.74 Å². The average Bonchev–Trinajstić information content (AvgIpc) is 2.68. The van der Waals surface area contributed by atoms with Gasteiger partial charge in [0.1, 0.15) is 6.61 Å². The van der Waals surface area contributed by atoms with E-state index in [0.29, 0.717) is 17.9 Å². The van der Waals surface area contributed by atoms with E-state index in [1.165, 1.54) is 32.1 Å². The number of ether oxygens (including phenoxy) is 1. The van der Waals surface area contributed by atoms with Crippen molar-refractivity contribution in [1.82, 2.24) is 0 Å². The quantitative estimate of drug-likeness (QED) is 0.663. The first kappa shape index (κ1) is 10.0. The number of nitrogens with zero attached hydrogens (tertiary/aromatic N) is 1. The smallest absolute Gasteiger partial charge is 0.186 e. The van der Waals surface area contributed by atoms with Gasteiger partial charge in [-0.25, -0.2) is 4.99 Å². The van der Waals surface area contributed by atoms with Gasteiger partial charge < -0.3 is 4.74 Å². The molecule has 80 valence electrons. The average molecular weight is 195 g/mol. The van der Waals surface area contributed by atoms with Gasteiger partial charge >= 0.3 is 0 Å². The summed E-state index contributed by atoms with van der Waals surface area (Å²) in [6.07, 6.45) is 6.71. The zero-order chi connectivity index (χ0) is 9.97. The first-order chi connectivity index (χ1) is 6.77. The zero-order valence-corrected chi connectivity index (χ0v) is 9.33. The van der Waals surface area contributed by atoms with Crippen LogP contribution in [0.3, 0.4) is 0 Å². The van der Waals surface area contributed by atoms with Crippen LogP contribution in [-0.4, -0.2) is 18.5 Å². The van der Waals surface area contributed by atoms with Gasteiger partial charge in [0, 0.05) is 5.92 Å². The van der Waals surface area contributed by atoms with Gasteiger partial charge in [0.15, 0.2) is 5.90 Å². The van der Waals surface area contributed by atoms with Crippen molar-refractivity contribution in [3.8, 4) is 0 Å². The molecule has 0 radical (unpaired) electrons. The highest BCUT2D eigenvalue weighted by Gasteiger charge is 2.28. The van der Waals surface area contributed by atoms with Crippen LogP contribution in [0.25, 0.3) is 0 Å². The van der Waals surface area contributed by atoms with Crippen molar-refractivity contribution in [2.45, 2.75) is 52.0 Å².